The van der Waals surface area contributed by atoms with E-state index < -0.39 is 15.3 Å². The van der Waals surface area contributed by atoms with Gasteiger partial charge >= 0.3 is 0 Å². The highest BCUT2D eigenvalue weighted by molar-refractivity contribution is 7.90. The third kappa shape index (κ3) is 2.67. The molecule has 0 amide bonds. The molecule has 80 valence electrons. The van der Waals surface area contributed by atoms with Gasteiger partial charge in [0.15, 0.2) is 5.25 Å². The fourth-order valence-electron chi connectivity index (χ4n) is 1.45. The third-order valence-corrected chi connectivity index (χ3v) is 4.13. The van der Waals surface area contributed by atoms with Gasteiger partial charge in [-0.1, -0.05) is 6.92 Å². The summed E-state index contributed by atoms with van der Waals surface area (Å²) < 4.78 is 25.7. The average Bonchev–Trinajstić information content (AvgIpc) is 2.57. The minimum Gasteiger partial charge on any atom is -0.315 e. The van der Waals surface area contributed by atoms with Gasteiger partial charge < -0.3 is 5.32 Å². The Morgan fingerprint density at radius 1 is 1.71 bits per heavy atom. The number of rotatable bonds is 4. The lowest BCUT2D eigenvalue weighted by Gasteiger charge is -2.14. The number of nitrogens with zero attached hydrogens (tertiary/aromatic N) is 1. The summed E-state index contributed by atoms with van der Waals surface area (Å²) in [7, 11) is -3.46. The molecule has 1 aliphatic heterocycles. The van der Waals surface area contributed by atoms with Crippen molar-refractivity contribution in [1.82, 2.24) is 10.0 Å². The first-order valence-corrected chi connectivity index (χ1v) is 6.26. The molecule has 0 saturated carbocycles. The van der Waals surface area contributed by atoms with Crippen LogP contribution in [0.25, 0.3) is 0 Å². The van der Waals surface area contributed by atoms with Crippen LogP contribution in [0.15, 0.2) is 0 Å². The second-order valence-corrected chi connectivity index (χ2v) is 5.27. The van der Waals surface area contributed by atoms with Gasteiger partial charge in [-0.3, -0.25) is 0 Å². The molecule has 2 N–H and O–H groups in total. The van der Waals surface area contributed by atoms with Crippen LogP contribution in [-0.4, -0.2) is 32.8 Å². The molecule has 0 aromatic carbocycles. The zero-order chi connectivity index (χ0) is 10.6. The fourth-order valence-corrected chi connectivity index (χ4v) is 2.86. The number of hydrogen-bond acceptors (Lipinski definition) is 4. The molecule has 14 heavy (non-hydrogen) atoms. The monoisotopic (exact) mass is 217 g/mol. The van der Waals surface area contributed by atoms with Crippen LogP contribution in [0.4, 0.5) is 0 Å². The maximum Gasteiger partial charge on any atom is 0.228 e. The summed E-state index contributed by atoms with van der Waals surface area (Å²) in [6.07, 6.45) is 1.12. The minimum absolute atomic E-state index is 0.0533. The molecule has 0 bridgehead atoms. The van der Waals surface area contributed by atoms with E-state index in [-0.39, 0.29) is 6.04 Å². The van der Waals surface area contributed by atoms with E-state index in [0.717, 1.165) is 13.0 Å². The van der Waals surface area contributed by atoms with Crippen LogP contribution in [0.3, 0.4) is 0 Å². The van der Waals surface area contributed by atoms with E-state index in [4.69, 9.17) is 5.26 Å². The standard InChI is InChI=1S/C8H15N3O2S/c1-2-8(5-9)14(12,13)11-7-3-4-10-6-7/h7-8,10-11H,2-4,6H2,1H3/t7-,8?/m0/s1. The highest BCUT2D eigenvalue weighted by Gasteiger charge is 2.27. The van der Waals surface area contributed by atoms with Gasteiger partial charge in [-0.15, -0.1) is 0 Å². The van der Waals surface area contributed by atoms with Crippen LogP contribution >= 0.6 is 0 Å². The molecular weight excluding hydrogens is 202 g/mol. The molecule has 0 aliphatic carbocycles. The summed E-state index contributed by atoms with van der Waals surface area (Å²) in [6, 6.07) is 1.74. The maximum atomic E-state index is 11.6. The van der Waals surface area contributed by atoms with Gasteiger partial charge in [0.25, 0.3) is 0 Å². The lowest BCUT2D eigenvalue weighted by molar-refractivity contribution is 0.552. The Balaban J connectivity index is 2.61. The van der Waals surface area contributed by atoms with Gasteiger partial charge in [-0.2, -0.15) is 5.26 Å². The number of nitriles is 1. The van der Waals surface area contributed by atoms with Crippen molar-refractivity contribution in [3.8, 4) is 6.07 Å². The molecule has 0 aromatic rings. The summed E-state index contributed by atoms with van der Waals surface area (Å²) >= 11 is 0. The number of sulfonamides is 1. The van der Waals surface area contributed by atoms with Gasteiger partial charge in [0.2, 0.25) is 10.0 Å². The normalized spacial score (nSPS) is 24.4. The van der Waals surface area contributed by atoms with E-state index >= 15 is 0 Å². The number of hydrogen-bond donors (Lipinski definition) is 2. The molecule has 6 heteroatoms. The molecule has 1 aliphatic rings. The quantitative estimate of drug-likeness (QED) is 0.669. The zero-order valence-corrected chi connectivity index (χ0v) is 8.97. The van der Waals surface area contributed by atoms with Crippen molar-refractivity contribution in [2.75, 3.05) is 13.1 Å². The zero-order valence-electron chi connectivity index (χ0n) is 8.16. The minimum atomic E-state index is -3.46. The first kappa shape index (κ1) is 11.4. The van der Waals surface area contributed by atoms with Gasteiger partial charge in [0, 0.05) is 12.6 Å². The SMILES string of the molecule is CCC(C#N)S(=O)(=O)N[C@H]1CCNC1. The summed E-state index contributed by atoms with van der Waals surface area (Å²) in [5, 5.41) is 10.8. The highest BCUT2D eigenvalue weighted by Crippen LogP contribution is 2.06. The topological polar surface area (TPSA) is 82.0 Å². The summed E-state index contributed by atoms with van der Waals surface area (Å²) in [6.45, 7) is 3.18. The Bertz CT molecular complexity index is 314. The lowest BCUT2D eigenvalue weighted by Crippen LogP contribution is -2.41. The van der Waals surface area contributed by atoms with Crippen LogP contribution in [-0.2, 0) is 10.0 Å². The smallest absolute Gasteiger partial charge is 0.228 e. The van der Waals surface area contributed by atoms with Gasteiger partial charge in [-0.25, -0.2) is 13.1 Å². The van der Waals surface area contributed by atoms with Crippen LogP contribution < -0.4 is 10.0 Å². The van der Waals surface area contributed by atoms with Crippen molar-refractivity contribution < 1.29 is 8.42 Å². The first-order valence-electron chi connectivity index (χ1n) is 4.71. The molecule has 0 aromatic heterocycles. The summed E-state index contributed by atoms with van der Waals surface area (Å²) in [5.41, 5.74) is 0. The van der Waals surface area contributed by atoms with E-state index in [9.17, 15) is 8.42 Å². The van der Waals surface area contributed by atoms with Gasteiger partial charge in [0.1, 0.15) is 0 Å². The second kappa shape index (κ2) is 4.73. The molecule has 1 rings (SSSR count). The molecule has 0 spiro atoms. The fraction of sp³-hybridized carbons (Fsp3) is 0.875. The Labute approximate surface area is 84.5 Å². The number of nitrogens with one attached hydrogen (secondary N) is 2. The van der Waals surface area contributed by atoms with Crippen LogP contribution in [0, 0.1) is 11.3 Å². The van der Waals surface area contributed by atoms with Crippen molar-refractivity contribution in [2.24, 2.45) is 0 Å². The average molecular weight is 217 g/mol. The lowest BCUT2D eigenvalue weighted by atomic mass is 10.3. The molecule has 0 radical (unpaired) electrons. The van der Waals surface area contributed by atoms with Crippen molar-refractivity contribution in [1.29, 1.82) is 5.26 Å². The highest BCUT2D eigenvalue weighted by atomic mass is 32.2. The van der Waals surface area contributed by atoms with Crippen LogP contribution in [0.1, 0.15) is 19.8 Å². The summed E-state index contributed by atoms with van der Waals surface area (Å²) in [5.74, 6) is 0. The van der Waals surface area contributed by atoms with Crippen molar-refractivity contribution in [3.63, 3.8) is 0 Å². The van der Waals surface area contributed by atoms with Crippen LogP contribution in [0.2, 0.25) is 0 Å². The van der Waals surface area contributed by atoms with Crippen molar-refractivity contribution in [3.05, 3.63) is 0 Å². The van der Waals surface area contributed by atoms with E-state index in [1.807, 2.05) is 0 Å². The largest absolute Gasteiger partial charge is 0.315 e. The van der Waals surface area contributed by atoms with E-state index in [0.29, 0.717) is 13.0 Å². The summed E-state index contributed by atoms with van der Waals surface area (Å²) in [4.78, 5) is 0. The predicted molar refractivity (Wildman–Crippen MR) is 53.0 cm³/mol. The molecule has 1 fully saturated rings. The molecule has 2 atom stereocenters. The first-order chi connectivity index (χ1) is 6.60. The maximum absolute atomic E-state index is 11.6. The Morgan fingerprint density at radius 2 is 2.43 bits per heavy atom. The Kier molecular flexibility index (Phi) is 3.86. The molecule has 1 heterocycles. The van der Waals surface area contributed by atoms with Crippen molar-refractivity contribution in [2.45, 2.75) is 31.1 Å². The van der Waals surface area contributed by atoms with E-state index in [1.54, 1.807) is 13.0 Å². The van der Waals surface area contributed by atoms with Crippen LogP contribution in [0.5, 0.6) is 0 Å². The Morgan fingerprint density at radius 3 is 2.86 bits per heavy atom. The third-order valence-electron chi connectivity index (χ3n) is 2.28. The predicted octanol–water partition coefficient (Wildman–Crippen LogP) is -0.430. The van der Waals surface area contributed by atoms with Gasteiger partial charge in [-0.05, 0) is 19.4 Å². The second-order valence-electron chi connectivity index (χ2n) is 3.38. The molecular formula is C8H15N3O2S. The molecule has 5 nitrogen and oxygen atoms in total. The van der Waals surface area contributed by atoms with Gasteiger partial charge in [0.05, 0.1) is 6.07 Å². The Hall–Kier alpha value is -0.640. The molecule has 1 unspecified atom stereocenters. The van der Waals surface area contributed by atoms with E-state index in [1.165, 1.54) is 0 Å². The van der Waals surface area contributed by atoms with E-state index in [2.05, 4.69) is 10.0 Å². The molecule has 1 saturated heterocycles. The van der Waals surface area contributed by atoms with Crippen molar-refractivity contribution >= 4 is 10.0 Å².